The van der Waals surface area contributed by atoms with Gasteiger partial charge in [-0.1, -0.05) is 13.3 Å². The van der Waals surface area contributed by atoms with E-state index in [1.807, 2.05) is 19.1 Å². The third-order valence-electron chi connectivity index (χ3n) is 3.27. The van der Waals surface area contributed by atoms with Crippen LogP contribution in [0.3, 0.4) is 0 Å². The topological polar surface area (TPSA) is 41.9 Å². The number of nitrogens with zero attached hydrogens (tertiary/aromatic N) is 4. The highest BCUT2D eigenvalue weighted by Gasteiger charge is 2.09. The van der Waals surface area contributed by atoms with E-state index in [9.17, 15) is 0 Å². The highest BCUT2D eigenvalue weighted by Crippen LogP contribution is 2.19. The first kappa shape index (κ1) is 14.4. The Morgan fingerprint density at radius 2 is 1.85 bits per heavy atom. The largest absolute Gasteiger partial charge is 0.357 e. The second-order valence-corrected chi connectivity index (χ2v) is 4.86. The van der Waals surface area contributed by atoms with Crippen molar-refractivity contribution in [2.75, 3.05) is 18.0 Å². The zero-order chi connectivity index (χ0) is 14.4. The van der Waals surface area contributed by atoms with E-state index in [0.717, 1.165) is 36.0 Å². The Labute approximate surface area is 120 Å². The molecule has 0 fully saturated rings. The van der Waals surface area contributed by atoms with Crippen LogP contribution in [-0.2, 0) is 0 Å². The van der Waals surface area contributed by atoms with Gasteiger partial charge in [0.1, 0.15) is 5.82 Å². The van der Waals surface area contributed by atoms with E-state index < -0.39 is 0 Å². The van der Waals surface area contributed by atoms with E-state index in [4.69, 9.17) is 4.98 Å². The average Bonchev–Trinajstić information content (AvgIpc) is 2.48. The van der Waals surface area contributed by atoms with E-state index in [1.54, 1.807) is 12.4 Å². The Balaban J connectivity index is 2.33. The molecule has 0 aromatic carbocycles. The summed E-state index contributed by atoms with van der Waals surface area (Å²) in [6, 6.07) is 5.95. The molecule has 20 heavy (non-hydrogen) atoms. The Hall–Kier alpha value is -1.97. The van der Waals surface area contributed by atoms with Crippen LogP contribution in [0, 0.1) is 6.92 Å². The lowest BCUT2D eigenvalue weighted by Crippen LogP contribution is -2.25. The molecule has 0 N–H and O–H groups in total. The first-order valence-electron chi connectivity index (χ1n) is 7.25. The number of anilines is 1. The van der Waals surface area contributed by atoms with Crippen molar-refractivity contribution in [2.45, 2.75) is 33.6 Å². The predicted molar refractivity (Wildman–Crippen MR) is 82.8 cm³/mol. The molecule has 0 unspecified atom stereocenters. The van der Waals surface area contributed by atoms with Crippen molar-refractivity contribution < 1.29 is 0 Å². The van der Waals surface area contributed by atoms with Crippen LogP contribution >= 0.6 is 0 Å². The molecule has 0 saturated heterocycles. The fraction of sp³-hybridized carbons (Fsp3) is 0.438. The molecule has 0 saturated carbocycles. The van der Waals surface area contributed by atoms with Crippen molar-refractivity contribution in [3.63, 3.8) is 0 Å². The highest BCUT2D eigenvalue weighted by molar-refractivity contribution is 5.57. The summed E-state index contributed by atoms with van der Waals surface area (Å²) in [5, 5.41) is 0. The average molecular weight is 270 g/mol. The molecule has 2 aromatic heterocycles. The number of aryl methyl sites for hydroxylation is 1. The van der Waals surface area contributed by atoms with E-state index in [1.165, 1.54) is 12.8 Å². The molecule has 2 heterocycles. The van der Waals surface area contributed by atoms with Gasteiger partial charge in [-0.05, 0) is 32.4 Å². The van der Waals surface area contributed by atoms with Crippen LogP contribution in [0.25, 0.3) is 11.4 Å². The van der Waals surface area contributed by atoms with Crippen LogP contribution in [0.4, 0.5) is 5.82 Å². The maximum atomic E-state index is 4.71. The van der Waals surface area contributed by atoms with Gasteiger partial charge < -0.3 is 4.90 Å². The summed E-state index contributed by atoms with van der Waals surface area (Å²) < 4.78 is 0. The third kappa shape index (κ3) is 3.53. The highest BCUT2D eigenvalue weighted by atomic mass is 15.2. The molecule has 0 aliphatic rings. The zero-order valence-corrected chi connectivity index (χ0v) is 12.5. The van der Waals surface area contributed by atoms with Crippen LogP contribution in [0.1, 0.15) is 32.4 Å². The van der Waals surface area contributed by atoms with Gasteiger partial charge in [0.2, 0.25) is 0 Å². The number of rotatable bonds is 6. The number of unbranched alkanes of at least 4 members (excludes halogenated alkanes) is 1. The van der Waals surface area contributed by atoms with Gasteiger partial charge in [-0.15, -0.1) is 0 Å². The summed E-state index contributed by atoms with van der Waals surface area (Å²) in [6.07, 6.45) is 5.92. The molecule has 4 nitrogen and oxygen atoms in total. The van der Waals surface area contributed by atoms with Crippen molar-refractivity contribution in [1.29, 1.82) is 0 Å². The molecule has 0 amide bonds. The van der Waals surface area contributed by atoms with Gasteiger partial charge >= 0.3 is 0 Å². The smallest absolute Gasteiger partial charge is 0.161 e. The van der Waals surface area contributed by atoms with Gasteiger partial charge in [0.05, 0.1) is 0 Å². The zero-order valence-electron chi connectivity index (χ0n) is 12.5. The lowest BCUT2D eigenvalue weighted by Gasteiger charge is -2.22. The van der Waals surface area contributed by atoms with Crippen molar-refractivity contribution in [1.82, 2.24) is 15.0 Å². The number of pyridine rings is 1. The fourth-order valence-corrected chi connectivity index (χ4v) is 2.13. The first-order valence-corrected chi connectivity index (χ1v) is 7.25. The third-order valence-corrected chi connectivity index (χ3v) is 3.27. The number of aromatic nitrogens is 3. The molecule has 4 heteroatoms. The first-order chi connectivity index (χ1) is 9.74. The van der Waals surface area contributed by atoms with Crippen molar-refractivity contribution in [3.05, 3.63) is 36.3 Å². The van der Waals surface area contributed by atoms with Crippen molar-refractivity contribution >= 4 is 5.82 Å². The lowest BCUT2D eigenvalue weighted by molar-refractivity contribution is 0.722. The molecule has 0 aliphatic carbocycles. The monoisotopic (exact) mass is 270 g/mol. The summed E-state index contributed by atoms with van der Waals surface area (Å²) in [4.78, 5) is 15.6. The minimum absolute atomic E-state index is 0.775. The molecule has 2 aromatic rings. The van der Waals surface area contributed by atoms with Crippen LogP contribution in [-0.4, -0.2) is 28.0 Å². The predicted octanol–water partition coefficient (Wildman–Crippen LogP) is 3.47. The summed E-state index contributed by atoms with van der Waals surface area (Å²) >= 11 is 0. The van der Waals surface area contributed by atoms with E-state index in [2.05, 4.69) is 34.8 Å². The van der Waals surface area contributed by atoms with Gasteiger partial charge in [0, 0.05) is 42.8 Å². The molecule has 0 atom stereocenters. The fourth-order valence-electron chi connectivity index (χ4n) is 2.13. The number of hydrogen-bond acceptors (Lipinski definition) is 4. The van der Waals surface area contributed by atoms with Crippen molar-refractivity contribution in [3.8, 4) is 11.4 Å². The minimum Gasteiger partial charge on any atom is -0.357 e. The summed E-state index contributed by atoms with van der Waals surface area (Å²) in [6.45, 7) is 8.40. The molecule has 0 aliphatic heterocycles. The van der Waals surface area contributed by atoms with Gasteiger partial charge in [0.15, 0.2) is 5.82 Å². The number of hydrogen-bond donors (Lipinski definition) is 0. The summed E-state index contributed by atoms with van der Waals surface area (Å²) in [5.74, 6) is 1.79. The van der Waals surface area contributed by atoms with Gasteiger partial charge in [-0.25, -0.2) is 9.97 Å². The maximum absolute atomic E-state index is 4.71. The second kappa shape index (κ2) is 6.98. The van der Waals surface area contributed by atoms with Crippen LogP contribution in [0.2, 0.25) is 0 Å². The van der Waals surface area contributed by atoms with Gasteiger partial charge in [-0.2, -0.15) is 0 Å². The lowest BCUT2D eigenvalue weighted by atomic mass is 10.2. The standard InChI is InChI=1S/C16H22N4/c1-4-6-11-20(5-2)15-12-13(3)18-16(19-15)14-7-9-17-10-8-14/h7-10,12H,4-6,11H2,1-3H3. The van der Waals surface area contributed by atoms with Gasteiger partial charge in [-0.3, -0.25) is 4.98 Å². The molecule has 2 rings (SSSR count). The van der Waals surface area contributed by atoms with E-state index >= 15 is 0 Å². The van der Waals surface area contributed by atoms with Crippen LogP contribution in [0.5, 0.6) is 0 Å². The Morgan fingerprint density at radius 1 is 1.10 bits per heavy atom. The molecular weight excluding hydrogens is 248 g/mol. The summed E-state index contributed by atoms with van der Waals surface area (Å²) in [7, 11) is 0. The maximum Gasteiger partial charge on any atom is 0.161 e. The minimum atomic E-state index is 0.775. The Kier molecular flexibility index (Phi) is 5.04. The van der Waals surface area contributed by atoms with Gasteiger partial charge in [0.25, 0.3) is 0 Å². The quantitative estimate of drug-likeness (QED) is 0.806. The molecule has 0 bridgehead atoms. The summed E-state index contributed by atoms with van der Waals surface area (Å²) in [5.41, 5.74) is 2.01. The Bertz CT molecular complexity index is 539. The van der Waals surface area contributed by atoms with E-state index in [-0.39, 0.29) is 0 Å². The van der Waals surface area contributed by atoms with E-state index in [0.29, 0.717) is 0 Å². The second-order valence-electron chi connectivity index (χ2n) is 4.86. The molecule has 0 radical (unpaired) electrons. The van der Waals surface area contributed by atoms with Crippen LogP contribution < -0.4 is 4.90 Å². The van der Waals surface area contributed by atoms with Crippen molar-refractivity contribution in [2.24, 2.45) is 0 Å². The molecular formula is C16H22N4. The normalized spacial score (nSPS) is 10.6. The Morgan fingerprint density at radius 3 is 2.50 bits per heavy atom. The van der Waals surface area contributed by atoms with Crippen LogP contribution in [0.15, 0.2) is 30.6 Å². The molecule has 106 valence electrons. The SMILES string of the molecule is CCCCN(CC)c1cc(C)nc(-c2ccncc2)n1. The molecule has 0 spiro atoms.